The highest BCUT2D eigenvalue weighted by Crippen LogP contribution is 2.37. The summed E-state index contributed by atoms with van der Waals surface area (Å²) in [5.41, 5.74) is 5.27. The summed E-state index contributed by atoms with van der Waals surface area (Å²) in [5, 5.41) is 6.07. The number of anilines is 1. The number of pyridine rings is 2. The van der Waals surface area contributed by atoms with Crippen LogP contribution in [0.25, 0.3) is 43.2 Å². The van der Waals surface area contributed by atoms with E-state index >= 15 is 0 Å². The van der Waals surface area contributed by atoms with E-state index in [-0.39, 0.29) is 0 Å². The average Bonchev–Trinajstić information content (AvgIpc) is 3.57. The lowest BCUT2D eigenvalue weighted by atomic mass is 10.1. The molecule has 0 bridgehead atoms. The molecule has 0 radical (unpaired) electrons. The van der Waals surface area contributed by atoms with Gasteiger partial charge in [0.15, 0.2) is 23.1 Å². The predicted molar refractivity (Wildman–Crippen MR) is 190 cm³/mol. The Labute approximate surface area is 284 Å². The van der Waals surface area contributed by atoms with E-state index in [1.807, 2.05) is 49.4 Å². The second-order valence-electron chi connectivity index (χ2n) is 11.0. The Morgan fingerprint density at radius 1 is 0.723 bits per heavy atom. The van der Waals surface area contributed by atoms with Crippen LogP contribution in [0.15, 0.2) is 67.3 Å². The molecule has 0 saturated heterocycles. The van der Waals surface area contributed by atoms with Crippen molar-refractivity contribution in [1.82, 2.24) is 29.9 Å². The van der Waals surface area contributed by atoms with Crippen LogP contribution in [0.5, 0.6) is 11.5 Å². The fourth-order valence-corrected chi connectivity index (χ4v) is 7.64. The Bertz CT molecular complexity index is 2220. The van der Waals surface area contributed by atoms with Gasteiger partial charge < -0.3 is 14.8 Å². The van der Waals surface area contributed by atoms with Crippen LogP contribution in [-0.2, 0) is 6.54 Å². The second-order valence-corrected chi connectivity index (χ2v) is 13.7. The zero-order chi connectivity index (χ0) is 32.5. The number of nitrogens with one attached hydrogen (secondary N) is 1. The van der Waals surface area contributed by atoms with Gasteiger partial charge in [-0.05, 0) is 80.8 Å². The van der Waals surface area contributed by atoms with Gasteiger partial charge in [-0.25, -0.2) is 19.9 Å². The third kappa shape index (κ3) is 6.34. The van der Waals surface area contributed by atoms with Crippen molar-refractivity contribution in [2.45, 2.75) is 34.2 Å². The molecule has 6 aromatic heterocycles. The number of rotatable bonds is 5. The first-order valence-electron chi connectivity index (χ1n) is 15.0. The van der Waals surface area contributed by atoms with E-state index in [9.17, 15) is 0 Å². The quantitative estimate of drug-likeness (QED) is 0.179. The molecule has 47 heavy (non-hydrogen) atoms. The average molecular weight is 680 g/mol. The van der Waals surface area contributed by atoms with Gasteiger partial charge in [-0.3, -0.25) is 9.97 Å². The Hall–Kier alpha value is -4.71. The number of aromatic nitrogens is 6. The summed E-state index contributed by atoms with van der Waals surface area (Å²) >= 11 is 9.61. The number of nitrogens with zero attached hydrogens (tertiary/aromatic N) is 6. The van der Waals surface area contributed by atoms with Gasteiger partial charge in [0.05, 0.1) is 10.8 Å². The third-order valence-corrected chi connectivity index (χ3v) is 10.4. The van der Waals surface area contributed by atoms with E-state index < -0.39 is 0 Å². The van der Waals surface area contributed by atoms with Crippen LogP contribution < -0.4 is 14.8 Å². The fraction of sp³-hybridized carbons (Fsp3) is 0.200. The van der Waals surface area contributed by atoms with Gasteiger partial charge in [0.2, 0.25) is 0 Å². The van der Waals surface area contributed by atoms with E-state index in [0.29, 0.717) is 36.6 Å². The van der Waals surface area contributed by atoms with E-state index in [0.717, 1.165) is 60.0 Å². The SMILES string of the molecule is Cc1sc2nc(-c3cccnc3)nc(Cl)c2c1C.Cc1sc2nc(-c3cccnc3)nc(NCc3ccc4c(c3)OCCO4)c2c1C. The van der Waals surface area contributed by atoms with Gasteiger partial charge in [-0.15, -0.1) is 22.7 Å². The molecule has 0 atom stereocenters. The van der Waals surface area contributed by atoms with Crippen LogP contribution >= 0.6 is 34.3 Å². The van der Waals surface area contributed by atoms with Gasteiger partial charge in [0.1, 0.15) is 33.8 Å². The number of hydrogen-bond acceptors (Lipinski definition) is 11. The number of benzene rings is 1. The molecule has 9 nitrogen and oxygen atoms in total. The van der Waals surface area contributed by atoms with Crippen molar-refractivity contribution in [1.29, 1.82) is 0 Å². The first-order valence-corrected chi connectivity index (χ1v) is 17.0. The number of thiophene rings is 2. The van der Waals surface area contributed by atoms with Gasteiger partial charge in [-0.2, -0.15) is 0 Å². The lowest BCUT2D eigenvalue weighted by molar-refractivity contribution is 0.171. The lowest BCUT2D eigenvalue weighted by Crippen LogP contribution is -2.15. The van der Waals surface area contributed by atoms with E-state index in [2.05, 4.69) is 46.0 Å². The predicted octanol–water partition coefficient (Wildman–Crippen LogP) is 8.78. The second kappa shape index (κ2) is 13.2. The van der Waals surface area contributed by atoms with Crippen LogP contribution in [0, 0.1) is 27.7 Å². The van der Waals surface area contributed by atoms with Crippen molar-refractivity contribution >= 4 is 60.5 Å². The van der Waals surface area contributed by atoms with Crippen molar-refractivity contribution in [3.05, 3.63) is 98.8 Å². The Morgan fingerprint density at radius 3 is 1.96 bits per heavy atom. The molecule has 1 aliphatic rings. The Kier molecular flexibility index (Phi) is 8.68. The molecule has 0 aliphatic carbocycles. The zero-order valence-electron chi connectivity index (χ0n) is 26.2. The molecule has 12 heteroatoms. The summed E-state index contributed by atoms with van der Waals surface area (Å²) in [4.78, 5) is 31.2. The minimum Gasteiger partial charge on any atom is -0.486 e. The zero-order valence-corrected chi connectivity index (χ0v) is 28.6. The number of fused-ring (bicyclic) bond motifs is 3. The molecule has 0 fully saturated rings. The maximum atomic E-state index is 6.27. The molecule has 8 rings (SSSR count). The van der Waals surface area contributed by atoms with Gasteiger partial charge in [0, 0.05) is 52.2 Å². The summed E-state index contributed by atoms with van der Waals surface area (Å²) < 4.78 is 11.3. The van der Waals surface area contributed by atoms with Crippen LogP contribution in [0.1, 0.15) is 26.4 Å². The molecule has 0 saturated carbocycles. The van der Waals surface area contributed by atoms with Crippen molar-refractivity contribution in [2.75, 3.05) is 18.5 Å². The highest BCUT2D eigenvalue weighted by molar-refractivity contribution is 7.19. The van der Waals surface area contributed by atoms with Crippen LogP contribution in [0.4, 0.5) is 5.82 Å². The monoisotopic (exact) mass is 679 g/mol. The molecule has 236 valence electrons. The normalized spacial score (nSPS) is 12.2. The van der Waals surface area contributed by atoms with Gasteiger partial charge in [-0.1, -0.05) is 17.7 Å². The van der Waals surface area contributed by atoms with Crippen LogP contribution in [0.3, 0.4) is 0 Å². The smallest absolute Gasteiger partial charge is 0.164 e. The van der Waals surface area contributed by atoms with Gasteiger partial charge >= 0.3 is 0 Å². The standard InChI is InChI=1S/C22H20N4O2S.C13H10ClN3S/c1-13-14(2)29-22-19(13)21(25-20(26-22)16-4-3-7-23-12-16)24-11-15-5-6-17-18(10-15)28-9-8-27-17;1-7-8(2)18-13-10(7)11(14)16-12(17-13)9-4-3-5-15-6-9/h3-7,10,12H,8-9,11H2,1-2H3,(H,24,25,26);3-6H,1-2H3. The topological polar surface area (TPSA) is 108 Å². The molecular weight excluding hydrogens is 650 g/mol. The van der Waals surface area contributed by atoms with Gasteiger partial charge in [0.25, 0.3) is 0 Å². The van der Waals surface area contributed by atoms with Crippen LogP contribution in [0.2, 0.25) is 5.15 Å². The number of aryl methyl sites for hydroxylation is 4. The maximum Gasteiger partial charge on any atom is 0.164 e. The fourth-order valence-electron chi connectivity index (χ4n) is 5.21. The molecule has 0 unspecified atom stereocenters. The van der Waals surface area contributed by atoms with E-state index in [4.69, 9.17) is 31.0 Å². The summed E-state index contributed by atoms with van der Waals surface area (Å²) in [6, 6.07) is 13.7. The Balaban J connectivity index is 0.000000167. The number of halogens is 1. The minimum absolute atomic E-state index is 0.515. The first kappa shape index (κ1) is 30.9. The van der Waals surface area contributed by atoms with Crippen molar-refractivity contribution in [3.63, 3.8) is 0 Å². The maximum absolute atomic E-state index is 6.27. The molecule has 1 N–H and O–H groups in total. The molecule has 7 heterocycles. The van der Waals surface area contributed by atoms with Crippen molar-refractivity contribution < 1.29 is 9.47 Å². The Morgan fingerprint density at radius 2 is 1.32 bits per heavy atom. The lowest BCUT2D eigenvalue weighted by Gasteiger charge is -2.19. The largest absolute Gasteiger partial charge is 0.486 e. The number of hydrogen-bond donors (Lipinski definition) is 1. The molecule has 0 amide bonds. The molecule has 0 spiro atoms. The molecule has 7 aromatic rings. The van der Waals surface area contributed by atoms with E-state index in [1.165, 1.54) is 15.3 Å². The highest BCUT2D eigenvalue weighted by atomic mass is 35.5. The van der Waals surface area contributed by atoms with Crippen molar-refractivity contribution in [3.8, 4) is 34.3 Å². The van der Waals surface area contributed by atoms with E-state index in [1.54, 1.807) is 47.5 Å². The van der Waals surface area contributed by atoms with Crippen molar-refractivity contribution in [2.24, 2.45) is 0 Å². The number of ether oxygens (including phenoxy) is 2. The molecule has 1 aliphatic heterocycles. The summed E-state index contributed by atoms with van der Waals surface area (Å²) in [6.45, 7) is 10.2. The summed E-state index contributed by atoms with van der Waals surface area (Å²) in [6.07, 6.45) is 7.01. The minimum atomic E-state index is 0.515. The van der Waals surface area contributed by atoms with Crippen LogP contribution in [-0.4, -0.2) is 43.1 Å². The molecule has 1 aromatic carbocycles. The summed E-state index contributed by atoms with van der Waals surface area (Å²) in [5.74, 6) is 3.73. The molecular formula is C35H30ClN7O2S2. The summed E-state index contributed by atoms with van der Waals surface area (Å²) in [7, 11) is 0. The highest BCUT2D eigenvalue weighted by Gasteiger charge is 2.17. The first-order chi connectivity index (χ1) is 22.9. The third-order valence-electron chi connectivity index (χ3n) is 7.92.